The number of aliphatic hydroxyl groups excluding tert-OH is 3. The first kappa shape index (κ1) is 15.8. The molecule has 0 radical (unpaired) electrons. The van der Waals surface area contributed by atoms with E-state index in [-0.39, 0.29) is 19.8 Å². The molecule has 5 N–H and O–H groups in total. The van der Waals surface area contributed by atoms with Crippen molar-refractivity contribution in [3.63, 3.8) is 0 Å². The molecule has 98 valence electrons. The van der Waals surface area contributed by atoms with Crippen LogP contribution in [0.25, 0.3) is 0 Å². The predicted octanol–water partition coefficient (Wildman–Crippen LogP) is -2.47. The third-order valence-corrected chi connectivity index (χ3v) is 2.43. The van der Waals surface area contributed by atoms with Gasteiger partial charge in [-0.05, 0) is 0 Å². The van der Waals surface area contributed by atoms with Crippen LogP contribution in [-0.2, 0) is 0 Å². The maximum absolute atomic E-state index is 8.86. The van der Waals surface area contributed by atoms with Gasteiger partial charge in [0.05, 0.1) is 19.8 Å². The van der Waals surface area contributed by atoms with E-state index in [1.165, 1.54) is 0 Å². The minimum atomic E-state index is 0.0941. The summed E-state index contributed by atoms with van der Waals surface area (Å²) in [7, 11) is 0. The summed E-state index contributed by atoms with van der Waals surface area (Å²) in [6.45, 7) is 4.94. The van der Waals surface area contributed by atoms with Gasteiger partial charge in [-0.15, -0.1) is 0 Å². The van der Waals surface area contributed by atoms with Crippen molar-refractivity contribution in [2.45, 2.75) is 0 Å². The van der Waals surface area contributed by atoms with Gasteiger partial charge >= 0.3 is 0 Å². The first-order chi connectivity index (χ1) is 7.78. The van der Waals surface area contributed by atoms with Gasteiger partial charge in [0.1, 0.15) is 0 Å². The Morgan fingerprint density at radius 2 is 1.00 bits per heavy atom. The Bertz CT molecular complexity index is 121. The molecule has 0 aliphatic heterocycles. The zero-order valence-corrected chi connectivity index (χ0v) is 9.88. The third-order valence-electron chi connectivity index (χ3n) is 2.43. The lowest BCUT2D eigenvalue weighted by atomic mass is 10.4. The van der Waals surface area contributed by atoms with Gasteiger partial charge in [0.25, 0.3) is 0 Å². The molecule has 6 nitrogen and oxygen atoms in total. The summed E-state index contributed by atoms with van der Waals surface area (Å²) >= 11 is 0. The summed E-state index contributed by atoms with van der Waals surface area (Å²) in [5, 5.41) is 26.5. The van der Waals surface area contributed by atoms with Gasteiger partial charge in [0.15, 0.2) is 0 Å². The molecule has 0 amide bonds. The van der Waals surface area contributed by atoms with Crippen molar-refractivity contribution in [2.24, 2.45) is 5.73 Å². The second-order valence-corrected chi connectivity index (χ2v) is 3.64. The van der Waals surface area contributed by atoms with Crippen molar-refractivity contribution in [3.05, 3.63) is 0 Å². The highest BCUT2D eigenvalue weighted by atomic mass is 16.3. The monoisotopic (exact) mass is 235 g/mol. The molecule has 0 atom stereocenters. The van der Waals surface area contributed by atoms with Crippen molar-refractivity contribution >= 4 is 0 Å². The number of aliphatic hydroxyl groups is 3. The fourth-order valence-electron chi connectivity index (χ4n) is 1.56. The first-order valence-electron chi connectivity index (χ1n) is 5.75. The van der Waals surface area contributed by atoms with E-state index in [4.69, 9.17) is 21.1 Å². The van der Waals surface area contributed by atoms with E-state index < -0.39 is 0 Å². The first-order valence-corrected chi connectivity index (χ1v) is 5.75. The van der Waals surface area contributed by atoms with Crippen molar-refractivity contribution in [1.29, 1.82) is 0 Å². The smallest absolute Gasteiger partial charge is 0.0558 e. The van der Waals surface area contributed by atoms with E-state index in [2.05, 4.69) is 4.90 Å². The van der Waals surface area contributed by atoms with Gasteiger partial charge in [-0.25, -0.2) is 0 Å². The maximum atomic E-state index is 8.86. The normalized spacial score (nSPS) is 11.6. The summed E-state index contributed by atoms with van der Waals surface area (Å²) in [5.74, 6) is 0. The van der Waals surface area contributed by atoms with E-state index in [0.29, 0.717) is 26.2 Å². The highest BCUT2D eigenvalue weighted by molar-refractivity contribution is 4.63. The number of nitrogens with two attached hydrogens (primary N) is 1. The largest absolute Gasteiger partial charge is 0.395 e. The predicted molar refractivity (Wildman–Crippen MR) is 63.2 cm³/mol. The molecule has 0 aliphatic rings. The molecule has 0 fully saturated rings. The van der Waals surface area contributed by atoms with E-state index in [1.54, 1.807) is 0 Å². The van der Waals surface area contributed by atoms with Gasteiger partial charge in [-0.2, -0.15) is 0 Å². The van der Waals surface area contributed by atoms with E-state index in [0.717, 1.165) is 19.6 Å². The Morgan fingerprint density at radius 3 is 1.31 bits per heavy atom. The highest BCUT2D eigenvalue weighted by Gasteiger charge is 2.07. The maximum Gasteiger partial charge on any atom is 0.0558 e. The standard InChI is InChI=1S/C10H25N3O3/c11-1-2-12(5-8-14)3-4-13(6-9-15)7-10-16/h14-16H,1-11H2. The number of nitrogens with zero attached hydrogens (tertiary/aromatic N) is 2. The molecule has 0 spiro atoms. The minimum Gasteiger partial charge on any atom is -0.395 e. The average Bonchev–Trinajstić information content (AvgIpc) is 2.27. The molecular formula is C10H25N3O3. The molecule has 0 bridgehead atoms. The van der Waals surface area contributed by atoms with Crippen LogP contribution in [0.15, 0.2) is 0 Å². The van der Waals surface area contributed by atoms with Crippen molar-refractivity contribution < 1.29 is 15.3 Å². The number of hydrogen-bond donors (Lipinski definition) is 4. The molecule has 0 aromatic carbocycles. The second kappa shape index (κ2) is 11.3. The Morgan fingerprint density at radius 1 is 0.625 bits per heavy atom. The Labute approximate surface area is 97.3 Å². The van der Waals surface area contributed by atoms with Gasteiger partial charge in [-0.1, -0.05) is 0 Å². The highest BCUT2D eigenvalue weighted by Crippen LogP contribution is 1.91. The van der Waals surface area contributed by atoms with Crippen LogP contribution < -0.4 is 5.73 Å². The molecule has 0 aromatic heterocycles. The van der Waals surface area contributed by atoms with E-state index in [9.17, 15) is 0 Å². The lowest BCUT2D eigenvalue weighted by Gasteiger charge is -2.26. The van der Waals surface area contributed by atoms with Gasteiger partial charge in [-0.3, -0.25) is 9.80 Å². The van der Waals surface area contributed by atoms with Gasteiger partial charge in [0.2, 0.25) is 0 Å². The van der Waals surface area contributed by atoms with Crippen molar-refractivity contribution in [2.75, 3.05) is 65.6 Å². The average molecular weight is 235 g/mol. The van der Waals surface area contributed by atoms with Crippen molar-refractivity contribution in [3.8, 4) is 0 Å². The Hall–Kier alpha value is -0.240. The molecule has 0 saturated heterocycles. The van der Waals surface area contributed by atoms with Crippen LogP contribution in [0.3, 0.4) is 0 Å². The SMILES string of the molecule is NCCN(CCO)CCN(CCO)CCO. The van der Waals surface area contributed by atoms with Crippen LogP contribution in [0.4, 0.5) is 0 Å². The lowest BCUT2D eigenvalue weighted by molar-refractivity contribution is 0.134. The molecule has 6 heteroatoms. The summed E-state index contributed by atoms with van der Waals surface area (Å²) in [4.78, 5) is 4.06. The number of hydrogen-bond acceptors (Lipinski definition) is 6. The third kappa shape index (κ3) is 7.98. The van der Waals surface area contributed by atoms with Crippen molar-refractivity contribution in [1.82, 2.24) is 9.80 Å². The van der Waals surface area contributed by atoms with Gasteiger partial charge < -0.3 is 21.1 Å². The topological polar surface area (TPSA) is 93.2 Å². The molecule has 0 aliphatic carbocycles. The quantitative estimate of drug-likeness (QED) is 0.317. The van der Waals surface area contributed by atoms with Crippen LogP contribution in [0, 0.1) is 0 Å². The van der Waals surface area contributed by atoms with E-state index >= 15 is 0 Å². The number of rotatable bonds is 11. The second-order valence-electron chi connectivity index (χ2n) is 3.64. The lowest BCUT2D eigenvalue weighted by Crippen LogP contribution is -2.40. The molecule has 16 heavy (non-hydrogen) atoms. The molecule has 0 aromatic rings. The van der Waals surface area contributed by atoms with Crippen LogP contribution in [0.1, 0.15) is 0 Å². The van der Waals surface area contributed by atoms with Crippen LogP contribution >= 0.6 is 0 Å². The Balaban J connectivity index is 3.83. The molecule has 0 saturated carbocycles. The molecule has 0 heterocycles. The minimum absolute atomic E-state index is 0.0941. The summed E-state index contributed by atoms with van der Waals surface area (Å²) < 4.78 is 0. The zero-order valence-electron chi connectivity index (χ0n) is 9.88. The van der Waals surface area contributed by atoms with Crippen LogP contribution in [0.2, 0.25) is 0 Å². The van der Waals surface area contributed by atoms with Gasteiger partial charge in [0, 0.05) is 45.8 Å². The fraction of sp³-hybridized carbons (Fsp3) is 1.00. The zero-order chi connectivity index (χ0) is 12.2. The Kier molecular flexibility index (Phi) is 11.1. The molecular weight excluding hydrogens is 210 g/mol. The van der Waals surface area contributed by atoms with Crippen LogP contribution in [0.5, 0.6) is 0 Å². The summed E-state index contributed by atoms with van der Waals surface area (Å²) in [5.41, 5.74) is 5.47. The fourth-order valence-corrected chi connectivity index (χ4v) is 1.56. The van der Waals surface area contributed by atoms with Crippen LogP contribution in [-0.4, -0.2) is 90.8 Å². The summed E-state index contributed by atoms with van der Waals surface area (Å²) in [6, 6.07) is 0. The molecule has 0 unspecified atom stereocenters. The summed E-state index contributed by atoms with van der Waals surface area (Å²) in [6.07, 6.45) is 0. The van der Waals surface area contributed by atoms with E-state index in [1.807, 2.05) is 4.90 Å². The molecule has 0 rings (SSSR count).